The molecule has 1 aromatic heterocycles. The SMILES string of the molecule is CC(C)(C)OC(=O)N1CCC(c2cc(C(=O)O)c(O)c(P(C)(C)=O)n2)CC1. The lowest BCUT2D eigenvalue weighted by molar-refractivity contribution is 0.0204. The first-order chi connectivity index (χ1) is 12.3. The second-order valence-electron chi connectivity index (χ2n) is 8.16. The van der Waals surface area contributed by atoms with Crippen molar-refractivity contribution < 1.29 is 29.1 Å². The van der Waals surface area contributed by atoms with Crippen molar-refractivity contribution in [3.8, 4) is 5.75 Å². The van der Waals surface area contributed by atoms with E-state index in [1.165, 1.54) is 19.4 Å². The molecular weight excluding hydrogens is 371 g/mol. The largest absolute Gasteiger partial charge is 0.505 e. The highest BCUT2D eigenvalue weighted by molar-refractivity contribution is 7.70. The molecule has 1 amide bonds. The van der Waals surface area contributed by atoms with Crippen molar-refractivity contribution in [2.45, 2.75) is 45.1 Å². The molecule has 2 heterocycles. The molecule has 2 rings (SSSR count). The molecule has 0 aliphatic carbocycles. The zero-order valence-corrected chi connectivity index (χ0v) is 17.2. The first-order valence-corrected chi connectivity index (χ1v) is 11.4. The number of carboxylic acid groups (broad SMARTS) is 1. The van der Waals surface area contributed by atoms with Crippen molar-refractivity contribution in [3.63, 3.8) is 0 Å². The van der Waals surface area contributed by atoms with Gasteiger partial charge in [-0.2, -0.15) is 0 Å². The van der Waals surface area contributed by atoms with Crippen LogP contribution in [0, 0.1) is 0 Å². The Bertz CT molecular complexity index is 788. The van der Waals surface area contributed by atoms with Gasteiger partial charge >= 0.3 is 12.1 Å². The number of carbonyl (C=O) groups excluding carboxylic acids is 1. The van der Waals surface area contributed by atoms with Crippen LogP contribution in [0.2, 0.25) is 0 Å². The number of aromatic carboxylic acids is 1. The standard InChI is InChI=1S/C18H27N2O6P/c1-18(2,3)26-17(24)20-8-6-11(7-9-20)13-10-12(16(22)23)14(21)15(19-13)27(4,5)25/h10-11,21H,6-9H2,1-5H3,(H,22,23). The highest BCUT2D eigenvalue weighted by Gasteiger charge is 2.31. The Kier molecular flexibility index (Phi) is 5.90. The average Bonchev–Trinajstić information content (AvgIpc) is 2.52. The molecule has 1 fully saturated rings. The lowest BCUT2D eigenvalue weighted by Crippen LogP contribution is -2.41. The molecule has 0 spiro atoms. The lowest BCUT2D eigenvalue weighted by Gasteiger charge is -2.33. The van der Waals surface area contributed by atoms with Gasteiger partial charge in [-0.15, -0.1) is 0 Å². The molecule has 0 aromatic carbocycles. The molecule has 1 aliphatic heterocycles. The van der Waals surface area contributed by atoms with Crippen LogP contribution in [0.15, 0.2) is 6.07 Å². The van der Waals surface area contributed by atoms with E-state index in [0.717, 1.165) is 0 Å². The van der Waals surface area contributed by atoms with E-state index in [0.29, 0.717) is 31.6 Å². The summed E-state index contributed by atoms with van der Waals surface area (Å²) in [6.45, 7) is 9.21. The highest BCUT2D eigenvalue weighted by atomic mass is 31.2. The molecule has 150 valence electrons. The molecule has 0 atom stereocenters. The predicted molar refractivity (Wildman–Crippen MR) is 102 cm³/mol. The van der Waals surface area contributed by atoms with Crippen LogP contribution in [0.25, 0.3) is 0 Å². The van der Waals surface area contributed by atoms with Crippen molar-refractivity contribution in [1.82, 2.24) is 9.88 Å². The molecule has 0 radical (unpaired) electrons. The third-order valence-corrected chi connectivity index (χ3v) is 5.63. The van der Waals surface area contributed by atoms with Crippen molar-refractivity contribution in [1.29, 1.82) is 0 Å². The van der Waals surface area contributed by atoms with Crippen LogP contribution in [0.3, 0.4) is 0 Å². The molecular formula is C18H27N2O6P. The van der Waals surface area contributed by atoms with Crippen molar-refractivity contribution in [2.75, 3.05) is 26.4 Å². The van der Waals surface area contributed by atoms with Gasteiger partial charge < -0.3 is 24.4 Å². The van der Waals surface area contributed by atoms with E-state index in [9.17, 15) is 24.4 Å². The fourth-order valence-corrected chi connectivity index (χ4v) is 3.96. The number of carbonyl (C=O) groups is 2. The van der Waals surface area contributed by atoms with Gasteiger partial charge in [0, 0.05) is 24.7 Å². The maximum atomic E-state index is 12.4. The van der Waals surface area contributed by atoms with Gasteiger partial charge in [-0.1, -0.05) is 0 Å². The van der Waals surface area contributed by atoms with Gasteiger partial charge in [0.25, 0.3) is 0 Å². The maximum Gasteiger partial charge on any atom is 0.410 e. The average molecular weight is 398 g/mol. The molecule has 1 aromatic rings. The Morgan fingerprint density at radius 3 is 2.26 bits per heavy atom. The number of rotatable bonds is 3. The topological polar surface area (TPSA) is 117 Å². The van der Waals surface area contributed by atoms with Crippen molar-refractivity contribution in [2.24, 2.45) is 0 Å². The molecule has 1 saturated heterocycles. The quantitative estimate of drug-likeness (QED) is 0.752. The lowest BCUT2D eigenvalue weighted by atomic mass is 9.92. The second kappa shape index (κ2) is 7.50. The number of likely N-dealkylation sites (tertiary alicyclic amines) is 1. The summed E-state index contributed by atoms with van der Waals surface area (Å²) < 4.78 is 17.8. The van der Waals surface area contributed by atoms with E-state index in [4.69, 9.17) is 4.74 Å². The summed E-state index contributed by atoms with van der Waals surface area (Å²) in [6, 6.07) is 1.34. The van der Waals surface area contributed by atoms with Crippen molar-refractivity contribution >= 4 is 24.6 Å². The van der Waals surface area contributed by atoms with E-state index >= 15 is 0 Å². The van der Waals surface area contributed by atoms with Crippen molar-refractivity contribution in [3.05, 3.63) is 17.3 Å². The molecule has 0 unspecified atom stereocenters. The molecule has 9 heteroatoms. The number of carboxylic acids is 1. The zero-order chi connectivity index (χ0) is 20.6. The summed E-state index contributed by atoms with van der Waals surface area (Å²) in [4.78, 5) is 29.6. The minimum Gasteiger partial charge on any atom is -0.505 e. The normalized spacial score (nSPS) is 16.3. The minimum atomic E-state index is -2.96. The van der Waals surface area contributed by atoms with Crippen LogP contribution in [0.5, 0.6) is 5.75 Å². The predicted octanol–water partition coefficient (Wildman–Crippen LogP) is 2.85. The van der Waals surface area contributed by atoms with Gasteiger partial charge in [0.2, 0.25) is 0 Å². The zero-order valence-electron chi connectivity index (χ0n) is 16.4. The van der Waals surface area contributed by atoms with Crippen LogP contribution in [0.4, 0.5) is 4.79 Å². The maximum absolute atomic E-state index is 12.4. The smallest absolute Gasteiger partial charge is 0.410 e. The highest BCUT2D eigenvalue weighted by Crippen LogP contribution is 2.40. The van der Waals surface area contributed by atoms with Crippen LogP contribution in [-0.4, -0.2) is 64.2 Å². The summed E-state index contributed by atoms with van der Waals surface area (Å²) in [5.74, 6) is -1.92. The van der Waals surface area contributed by atoms with Gasteiger partial charge in [-0.25, -0.2) is 14.6 Å². The summed E-state index contributed by atoms with van der Waals surface area (Å²) >= 11 is 0. The Labute approximate surface area is 158 Å². The molecule has 0 bridgehead atoms. The molecule has 2 N–H and O–H groups in total. The second-order valence-corrected chi connectivity index (χ2v) is 11.3. The van der Waals surface area contributed by atoms with E-state index in [2.05, 4.69) is 4.98 Å². The number of amides is 1. The number of hydrogen-bond donors (Lipinski definition) is 2. The number of nitrogens with zero attached hydrogens (tertiary/aromatic N) is 2. The fraction of sp³-hybridized carbons (Fsp3) is 0.611. The summed E-state index contributed by atoms with van der Waals surface area (Å²) in [6.07, 6.45) is 0.777. The first-order valence-electron chi connectivity index (χ1n) is 8.80. The van der Waals surface area contributed by atoms with E-state index in [1.807, 2.05) is 0 Å². The first kappa shape index (κ1) is 21.2. The molecule has 0 saturated carbocycles. The van der Waals surface area contributed by atoms with Gasteiger partial charge in [0.1, 0.15) is 23.7 Å². The monoisotopic (exact) mass is 398 g/mol. The van der Waals surface area contributed by atoms with Crippen LogP contribution in [-0.2, 0) is 9.30 Å². The van der Waals surface area contributed by atoms with Gasteiger partial charge in [0.15, 0.2) is 5.75 Å². The number of piperidine rings is 1. The number of ether oxygens (including phenoxy) is 1. The van der Waals surface area contributed by atoms with Crippen LogP contribution >= 0.6 is 7.14 Å². The third kappa shape index (κ3) is 5.22. The van der Waals surface area contributed by atoms with Gasteiger partial charge in [-0.05, 0) is 53.0 Å². The molecule has 1 aliphatic rings. The van der Waals surface area contributed by atoms with E-state index in [1.54, 1.807) is 25.7 Å². The Morgan fingerprint density at radius 1 is 1.26 bits per heavy atom. The fourth-order valence-electron chi connectivity index (χ4n) is 2.98. The van der Waals surface area contributed by atoms with E-state index < -0.39 is 24.5 Å². The Hall–Kier alpha value is -2.08. The molecule has 8 nitrogen and oxygen atoms in total. The number of pyridine rings is 1. The number of aromatic nitrogens is 1. The molecule has 27 heavy (non-hydrogen) atoms. The third-order valence-electron chi connectivity index (χ3n) is 4.30. The summed E-state index contributed by atoms with van der Waals surface area (Å²) in [5.41, 5.74) is -0.449. The van der Waals surface area contributed by atoms with Crippen LogP contribution in [0.1, 0.15) is 55.6 Å². The summed E-state index contributed by atoms with van der Waals surface area (Å²) in [7, 11) is -2.96. The van der Waals surface area contributed by atoms with Crippen LogP contribution < -0.4 is 5.44 Å². The van der Waals surface area contributed by atoms with Gasteiger partial charge in [-0.3, -0.25) is 0 Å². The van der Waals surface area contributed by atoms with Gasteiger partial charge in [0.05, 0.1) is 0 Å². The number of aromatic hydroxyl groups is 1. The van der Waals surface area contributed by atoms with E-state index in [-0.39, 0.29) is 23.0 Å². The summed E-state index contributed by atoms with van der Waals surface area (Å²) in [5, 5.41) is 19.5. The number of hydrogen-bond acceptors (Lipinski definition) is 6. The minimum absolute atomic E-state index is 0.0630. The Balaban J connectivity index is 2.23. The Morgan fingerprint density at radius 2 is 1.81 bits per heavy atom.